The second-order valence-corrected chi connectivity index (χ2v) is 2.42. The molecule has 0 bridgehead atoms. The molecule has 2 aromatic rings. The summed E-state index contributed by atoms with van der Waals surface area (Å²) in [5, 5.41) is 16.0. The molecule has 0 saturated carbocycles. The van der Waals surface area contributed by atoms with E-state index >= 15 is 0 Å². The monoisotopic (exact) mass is 207 g/mol. The lowest BCUT2D eigenvalue weighted by atomic mass is 10.4. The van der Waals surface area contributed by atoms with Gasteiger partial charge in [0.1, 0.15) is 0 Å². The van der Waals surface area contributed by atoms with Crippen LogP contribution in [-0.2, 0) is 0 Å². The van der Waals surface area contributed by atoms with Crippen LogP contribution in [0.15, 0.2) is 17.0 Å². The van der Waals surface area contributed by atoms with E-state index in [0.29, 0.717) is 0 Å². The van der Waals surface area contributed by atoms with Gasteiger partial charge < -0.3 is 5.73 Å². The smallest absolute Gasteiger partial charge is 0.284 e. The second kappa shape index (κ2) is 3.65. The summed E-state index contributed by atoms with van der Waals surface area (Å²) in [6.07, 6.45) is 2.76. The van der Waals surface area contributed by atoms with Crippen molar-refractivity contribution in [3.8, 4) is 0 Å². The van der Waals surface area contributed by atoms with Crippen LogP contribution < -0.4 is 11.1 Å². The van der Waals surface area contributed by atoms with Gasteiger partial charge in [-0.25, -0.2) is 9.61 Å². The van der Waals surface area contributed by atoms with Crippen molar-refractivity contribution in [1.29, 1.82) is 0 Å². The summed E-state index contributed by atoms with van der Waals surface area (Å²) in [5.41, 5.74) is 5.19. The van der Waals surface area contributed by atoms with E-state index in [1.165, 1.54) is 12.4 Å². The van der Waals surface area contributed by atoms with Gasteiger partial charge in [-0.05, 0) is 10.3 Å². The molecule has 0 aliphatic carbocycles. The topological polar surface area (TPSA) is 133 Å². The molecule has 3 N–H and O–H groups in total. The van der Waals surface area contributed by atoms with Crippen LogP contribution >= 0.6 is 0 Å². The van der Waals surface area contributed by atoms with Crippen molar-refractivity contribution in [3.63, 3.8) is 0 Å². The largest absolute Gasteiger partial charge is 0.379 e. The molecule has 0 fully saturated rings. The Kier molecular flexibility index (Phi) is 2.19. The third kappa shape index (κ3) is 1.85. The van der Waals surface area contributed by atoms with Crippen LogP contribution in [0.2, 0.25) is 0 Å². The van der Waals surface area contributed by atoms with Crippen LogP contribution in [0.25, 0.3) is 0 Å². The molecule has 0 aliphatic heterocycles. The number of carbonyl (C=O) groups is 1. The fourth-order valence-electron chi connectivity index (χ4n) is 0.819. The Morgan fingerprint density at radius 1 is 1.40 bits per heavy atom. The predicted molar refractivity (Wildman–Crippen MR) is 46.5 cm³/mol. The van der Waals surface area contributed by atoms with E-state index in [0.717, 1.165) is 0 Å². The molecule has 0 atom stereocenters. The van der Waals surface area contributed by atoms with Crippen LogP contribution in [0.3, 0.4) is 0 Å². The van der Waals surface area contributed by atoms with Crippen molar-refractivity contribution in [1.82, 2.24) is 25.5 Å². The minimum Gasteiger partial charge on any atom is -0.379 e. The zero-order valence-corrected chi connectivity index (χ0v) is 7.28. The highest BCUT2D eigenvalue weighted by Crippen LogP contribution is 2.05. The maximum atomic E-state index is 11.4. The Labute approximate surface area is 82.7 Å². The molecule has 0 unspecified atom stereocenters. The van der Waals surface area contributed by atoms with Crippen molar-refractivity contribution < 1.29 is 9.42 Å². The summed E-state index contributed by atoms with van der Waals surface area (Å²) in [6, 6.07) is 0. The lowest BCUT2D eigenvalue weighted by molar-refractivity contribution is 0.101. The lowest BCUT2D eigenvalue weighted by Crippen LogP contribution is -2.16. The Hall–Kier alpha value is -2.58. The number of anilines is 2. The summed E-state index contributed by atoms with van der Waals surface area (Å²) in [7, 11) is 0. The number of rotatable bonds is 2. The molecule has 0 aliphatic rings. The number of carbonyl (C=O) groups excluding carboxylic acids is 1. The van der Waals surface area contributed by atoms with Crippen molar-refractivity contribution in [2.45, 2.75) is 0 Å². The van der Waals surface area contributed by atoms with E-state index in [2.05, 4.69) is 35.4 Å². The van der Waals surface area contributed by atoms with Gasteiger partial charge in [-0.3, -0.25) is 10.1 Å². The maximum absolute atomic E-state index is 11.4. The molecular weight excluding hydrogens is 202 g/mol. The molecule has 15 heavy (non-hydrogen) atoms. The maximum Gasteiger partial charge on any atom is 0.284 e. The van der Waals surface area contributed by atoms with E-state index in [9.17, 15) is 4.79 Å². The fraction of sp³-hybridized carbons (Fsp3) is 0. The van der Waals surface area contributed by atoms with Gasteiger partial charge in [0.25, 0.3) is 5.91 Å². The number of nitrogen functional groups attached to an aromatic ring is 1. The minimum atomic E-state index is -0.609. The Balaban J connectivity index is 2.15. The number of nitrogens with zero attached hydrogens (tertiary/aromatic N) is 5. The molecule has 0 saturated heterocycles. The van der Waals surface area contributed by atoms with E-state index in [-0.39, 0.29) is 17.5 Å². The quantitative estimate of drug-likeness (QED) is 0.646. The van der Waals surface area contributed by atoms with Crippen molar-refractivity contribution in [3.05, 3.63) is 18.1 Å². The molecule has 2 rings (SSSR count). The summed E-state index contributed by atoms with van der Waals surface area (Å²) in [5.74, 6) is -0.664. The van der Waals surface area contributed by atoms with Gasteiger partial charge in [0.05, 0.1) is 12.4 Å². The Bertz CT molecular complexity index is 467. The molecule has 9 heteroatoms. The van der Waals surface area contributed by atoms with Gasteiger partial charge in [-0.1, -0.05) is 0 Å². The molecule has 1 amide bonds. The molecular formula is C6H5N7O2. The first kappa shape index (κ1) is 8.99. The highest BCUT2D eigenvalue weighted by molar-refractivity contribution is 6.04. The molecule has 0 radical (unpaired) electrons. The van der Waals surface area contributed by atoms with Crippen LogP contribution in [-0.4, -0.2) is 31.4 Å². The lowest BCUT2D eigenvalue weighted by Gasteiger charge is -1.97. The summed E-state index contributed by atoms with van der Waals surface area (Å²) >= 11 is 0. The van der Waals surface area contributed by atoms with Crippen LogP contribution in [0.5, 0.6) is 0 Å². The molecule has 2 heterocycles. The first-order chi connectivity index (χ1) is 7.27. The van der Waals surface area contributed by atoms with Gasteiger partial charge in [-0.15, -0.1) is 5.10 Å². The predicted octanol–water partition coefficient (Wildman–Crippen LogP) is -0.911. The normalized spacial score (nSPS) is 9.87. The molecule has 9 nitrogen and oxygen atoms in total. The third-order valence-corrected chi connectivity index (χ3v) is 1.44. The standard InChI is InChI=1S/C6H5N7O2/c7-4-3(12-15-13-4)5(14)10-6-8-1-2-9-11-6/h1-2H,(H2,7,13)(H,8,10,11,14). The number of amides is 1. The molecule has 76 valence electrons. The Morgan fingerprint density at radius 2 is 2.27 bits per heavy atom. The van der Waals surface area contributed by atoms with Crippen LogP contribution in [0.4, 0.5) is 11.8 Å². The average Bonchev–Trinajstić information content (AvgIpc) is 2.66. The van der Waals surface area contributed by atoms with Crippen LogP contribution in [0, 0.1) is 0 Å². The number of nitrogens with two attached hydrogens (primary N) is 1. The third-order valence-electron chi connectivity index (χ3n) is 1.44. The second-order valence-electron chi connectivity index (χ2n) is 2.42. The zero-order valence-electron chi connectivity index (χ0n) is 7.28. The molecule has 0 spiro atoms. The van der Waals surface area contributed by atoms with Crippen molar-refractivity contribution in [2.75, 3.05) is 11.1 Å². The molecule has 0 aromatic carbocycles. The number of hydrogen-bond donors (Lipinski definition) is 2. The van der Waals surface area contributed by atoms with E-state index in [1.54, 1.807) is 0 Å². The van der Waals surface area contributed by atoms with Crippen molar-refractivity contribution in [2.24, 2.45) is 0 Å². The van der Waals surface area contributed by atoms with E-state index in [1.807, 2.05) is 0 Å². The number of nitrogens with one attached hydrogen (secondary N) is 1. The number of aromatic nitrogens is 5. The van der Waals surface area contributed by atoms with Crippen molar-refractivity contribution >= 4 is 17.7 Å². The molecule has 2 aromatic heterocycles. The van der Waals surface area contributed by atoms with Gasteiger partial charge >= 0.3 is 0 Å². The van der Waals surface area contributed by atoms with Crippen LogP contribution in [0.1, 0.15) is 10.5 Å². The average molecular weight is 207 g/mol. The highest BCUT2D eigenvalue weighted by atomic mass is 16.6. The van der Waals surface area contributed by atoms with Gasteiger partial charge in [0, 0.05) is 0 Å². The fourth-order valence-corrected chi connectivity index (χ4v) is 0.819. The first-order valence-electron chi connectivity index (χ1n) is 3.80. The van der Waals surface area contributed by atoms with E-state index in [4.69, 9.17) is 5.73 Å². The van der Waals surface area contributed by atoms with Gasteiger partial charge in [0.2, 0.25) is 17.5 Å². The summed E-state index contributed by atoms with van der Waals surface area (Å²) < 4.78 is 4.26. The first-order valence-corrected chi connectivity index (χ1v) is 3.80. The summed E-state index contributed by atoms with van der Waals surface area (Å²) in [4.78, 5) is 15.2. The van der Waals surface area contributed by atoms with Gasteiger partial charge in [-0.2, -0.15) is 5.10 Å². The van der Waals surface area contributed by atoms with E-state index < -0.39 is 5.91 Å². The zero-order chi connectivity index (χ0) is 10.7. The number of hydrogen-bond acceptors (Lipinski definition) is 8. The Morgan fingerprint density at radius 3 is 2.87 bits per heavy atom. The summed E-state index contributed by atoms with van der Waals surface area (Å²) in [6.45, 7) is 0. The minimum absolute atomic E-state index is 0.0462. The van der Waals surface area contributed by atoms with Gasteiger partial charge in [0.15, 0.2) is 0 Å². The highest BCUT2D eigenvalue weighted by Gasteiger charge is 2.16. The SMILES string of the molecule is Nc1nonc1C(=O)Nc1nccnn1.